The van der Waals surface area contributed by atoms with Crippen LogP contribution in [-0.2, 0) is 0 Å². The van der Waals surface area contributed by atoms with Crippen LogP contribution in [0.15, 0.2) is 24.3 Å². The molecule has 1 heterocycles. The van der Waals surface area contributed by atoms with Crippen molar-refractivity contribution in [2.24, 2.45) is 23.5 Å². The van der Waals surface area contributed by atoms with Gasteiger partial charge in [0, 0.05) is 24.3 Å². The smallest absolute Gasteiger partial charge is 0.0991 e. The van der Waals surface area contributed by atoms with Gasteiger partial charge in [-0.1, -0.05) is 12.8 Å². The molecule has 3 fully saturated rings. The van der Waals surface area contributed by atoms with Gasteiger partial charge >= 0.3 is 0 Å². The lowest BCUT2D eigenvalue weighted by Gasteiger charge is -2.38. The Bertz CT molecular complexity index is 588. The minimum absolute atomic E-state index is 0.436. The predicted octanol–water partition coefficient (Wildman–Crippen LogP) is 3.68. The summed E-state index contributed by atoms with van der Waals surface area (Å²) in [6.07, 6.45) is 9.35. The molecule has 1 aromatic carbocycles. The van der Waals surface area contributed by atoms with E-state index in [2.05, 4.69) is 23.1 Å². The Morgan fingerprint density at radius 1 is 1.09 bits per heavy atom. The van der Waals surface area contributed by atoms with Crippen LogP contribution in [0.2, 0.25) is 0 Å². The molecule has 122 valence electrons. The predicted molar refractivity (Wildman–Crippen MR) is 93.1 cm³/mol. The molecule has 1 aromatic rings. The highest BCUT2D eigenvalue weighted by Crippen LogP contribution is 2.47. The van der Waals surface area contributed by atoms with Crippen molar-refractivity contribution >= 4 is 5.69 Å². The fourth-order valence-electron chi connectivity index (χ4n) is 5.36. The Morgan fingerprint density at radius 3 is 2.57 bits per heavy atom. The van der Waals surface area contributed by atoms with Crippen molar-refractivity contribution < 1.29 is 0 Å². The number of hydrogen-bond acceptors (Lipinski definition) is 3. The topological polar surface area (TPSA) is 53.0 Å². The summed E-state index contributed by atoms with van der Waals surface area (Å²) in [5.74, 6) is 2.43. The molecule has 0 radical (unpaired) electrons. The van der Waals surface area contributed by atoms with Crippen LogP contribution in [0, 0.1) is 29.1 Å². The average molecular weight is 309 g/mol. The van der Waals surface area contributed by atoms with E-state index in [1.807, 2.05) is 12.1 Å². The lowest BCUT2D eigenvalue weighted by atomic mass is 9.77. The van der Waals surface area contributed by atoms with Gasteiger partial charge in [0.1, 0.15) is 0 Å². The Balaban J connectivity index is 1.46. The Hall–Kier alpha value is -1.53. The van der Waals surface area contributed by atoms with E-state index in [9.17, 15) is 0 Å². The molecule has 2 N–H and O–H groups in total. The normalized spacial score (nSPS) is 36.2. The number of nitriles is 1. The standard InChI is InChI=1S/C20H27N3/c21-12-14-5-7-18(8-6-14)23-13-15-9-17(20(23)10-15)11-16-3-1-2-4-19(16)22/h5-8,15-17,19-20H,1-4,9-11,13,22H2/t15-,16+,17-,19-,20-/m1/s1. The van der Waals surface area contributed by atoms with Gasteiger partial charge in [-0.3, -0.25) is 0 Å². The van der Waals surface area contributed by atoms with Crippen LogP contribution in [-0.4, -0.2) is 18.6 Å². The second-order valence-electron chi connectivity index (χ2n) is 7.92. The second kappa shape index (κ2) is 6.17. The van der Waals surface area contributed by atoms with Crippen molar-refractivity contribution in [2.75, 3.05) is 11.4 Å². The van der Waals surface area contributed by atoms with E-state index in [0.29, 0.717) is 12.1 Å². The SMILES string of the molecule is N#Cc1ccc(N2C[C@@H]3C[C@H](C[C@@H]4CCCC[C@H]4N)[C@H]2C3)cc1. The summed E-state index contributed by atoms with van der Waals surface area (Å²) < 4.78 is 0. The highest BCUT2D eigenvalue weighted by atomic mass is 15.2. The minimum atomic E-state index is 0.436. The molecular formula is C20H27N3. The van der Waals surface area contributed by atoms with Crippen LogP contribution in [0.3, 0.4) is 0 Å². The maximum Gasteiger partial charge on any atom is 0.0991 e. The molecule has 0 amide bonds. The van der Waals surface area contributed by atoms with E-state index < -0.39 is 0 Å². The van der Waals surface area contributed by atoms with Gasteiger partial charge < -0.3 is 10.6 Å². The highest BCUT2D eigenvalue weighted by molar-refractivity contribution is 5.52. The number of anilines is 1. The molecule has 2 aliphatic carbocycles. The number of rotatable bonds is 3. The maximum absolute atomic E-state index is 8.97. The molecule has 2 saturated carbocycles. The van der Waals surface area contributed by atoms with Crippen LogP contribution in [0.4, 0.5) is 5.69 Å². The molecule has 0 unspecified atom stereocenters. The zero-order valence-corrected chi connectivity index (χ0v) is 13.8. The van der Waals surface area contributed by atoms with Crippen molar-refractivity contribution in [1.29, 1.82) is 5.26 Å². The van der Waals surface area contributed by atoms with Gasteiger partial charge in [-0.15, -0.1) is 0 Å². The van der Waals surface area contributed by atoms with Crippen LogP contribution >= 0.6 is 0 Å². The number of piperidine rings is 1. The van der Waals surface area contributed by atoms with Gasteiger partial charge in [0.15, 0.2) is 0 Å². The summed E-state index contributed by atoms with van der Waals surface area (Å²) in [5.41, 5.74) is 8.44. The fraction of sp³-hybridized carbons (Fsp3) is 0.650. The first-order valence-electron chi connectivity index (χ1n) is 9.27. The van der Waals surface area contributed by atoms with Crippen molar-refractivity contribution in [3.63, 3.8) is 0 Å². The van der Waals surface area contributed by atoms with Gasteiger partial charge in [-0.2, -0.15) is 5.26 Å². The number of nitrogens with zero attached hydrogens (tertiary/aromatic N) is 2. The molecule has 23 heavy (non-hydrogen) atoms. The summed E-state index contributed by atoms with van der Waals surface area (Å²) in [4.78, 5) is 2.61. The van der Waals surface area contributed by atoms with Crippen molar-refractivity contribution in [2.45, 2.75) is 57.0 Å². The van der Waals surface area contributed by atoms with Gasteiger partial charge in [-0.25, -0.2) is 0 Å². The van der Waals surface area contributed by atoms with E-state index in [1.165, 1.54) is 57.2 Å². The zero-order valence-electron chi connectivity index (χ0n) is 13.8. The molecule has 2 bridgehead atoms. The number of fused-ring (bicyclic) bond motifs is 2. The third kappa shape index (κ3) is 2.85. The van der Waals surface area contributed by atoms with Gasteiger partial charge in [0.2, 0.25) is 0 Å². The van der Waals surface area contributed by atoms with Crippen LogP contribution in [0.5, 0.6) is 0 Å². The van der Waals surface area contributed by atoms with Gasteiger partial charge in [0.25, 0.3) is 0 Å². The summed E-state index contributed by atoms with van der Waals surface area (Å²) in [6, 6.07) is 11.5. The Labute approximate surface area is 139 Å². The number of nitrogens with two attached hydrogens (primary N) is 1. The number of hydrogen-bond donors (Lipinski definition) is 1. The van der Waals surface area contributed by atoms with Crippen LogP contribution in [0.1, 0.15) is 50.5 Å². The first-order valence-corrected chi connectivity index (χ1v) is 9.27. The van der Waals surface area contributed by atoms with Crippen molar-refractivity contribution in [1.82, 2.24) is 0 Å². The highest BCUT2D eigenvalue weighted by Gasteiger charge is 2.45. The molecular weight excluding hydrogens is 282 g/mol. The number of benzene rings is 1. The molecule has 3 heteroatoms. The third-order valence-electron chi connectivity index (χ3n) is 6.51. The average Bonchev–Trinajstić information content (AvgIpc) is 3.17. The first-order chi connectivity index (χ1) is 11.2. The van der Waals surface area contributed by atoms with Gasteiger partial charge in [0.05, 0.1) is 11.6 Å². The fourth-order valence-corrected chi connectivity index (χ4v) is 5.36. The summed E-state index contributed by atoms with van der Waals surface area (Å²) in [6.45, 7) is 1.20. The monoisotopic (exact) mass is 309 g/mol. The molecule has 3 nitrogen and oxygen atoms in total. The molecule has 0 spiro atoms. The molecule has 0 aromatic heterocycles. The molecule has 1 aliphatic heterocycles. The van der Waals surface area contributed by atoms with Crippen LogP contribution < -0.4 is 10.6 Å². The third-order valence-corrected chi connectivity index (χ3v) is 6.51. The van der Waals surface area contributed by atoms with Crippen molar-refractivity contribution in [3.05, 3.63) is 29.8 Å². The summed E-state index contributed by atoms with van der Waals surface area (Å²) in [5, 5.41) is 8.97. The van der Waals surface area contributed by atoms with Crippen LogP contribution in [0.25, 0.3) is 0 Å². The summed E-state index contributed by atoms with van der Waals surface area (Å²) in [7, 11) is 0. The summed E-state index contributed by atoms with van der Waals surface area (Å²) >= 11 is 0. The van der Waals surface area contributed by atoms with E-state index in [4.69, 9.17) is 11.0 Å². The molecule has 4 rings (SSSR count). The lowest BCUT2D eigenvalue weighted by molar-refractivity contribution is 0.233. The molecule has 1 saturated heterocycles. The van der Waals surface area contributed by atoms with Gasteiger partial charge in [-0.05, 0) is 74.1 Å². The maximum atomic E-state index is 8.97. The largest absolute Gasteiger partial charge is 0.368 e. The quantitative estimate of drug-likeness (QED) is 0.926. The van der Waals surface area contributed by atoms with Crippen molar-refractivity contribution in [3.8, 4) is 6.07 Å². The minimum Gasteiger partial charge on any atom is -0.368 e. The lowest BCUT2D eigenvalue weighted by Crippen LogP contribution is -2.41. The van der Waals surface area contributed by atoms with E-state index in [1.54, 1.807) is 0 Å². The first kappa shape index (κ1) is 15.0. The van der Waals surface area contributed by atoms with E-state index in [-0.39, 0.29) is 0 Å². The van der Waals surface area contributed by atoms with E-state index >= 15 is 0 Å². The molecule has 5 atom stereocenters. The Morgan fingerprint density at radius 2 is 1.87 bits per heavy atom. The molecule has 3 aliphatic rings. The zero-order chi connectivity index (χ0) is 15.8. The van der Waals surface area contributed by atoms with E-state index in [0.717, 1.165) is 23.3 Å². The second-order valence-corrected chi connectivity index (χ2v) is 7.92. The Kier molecular flexibility index (Phi) is 4.03.